The van der Waals surface area contributed by atoms with Gasteiger partial charge in [0.2, 0.25) is 0 Å². The lowest BCUT2D eigenvalue weighted by molar-refractivity contribution is -0.172. The number of ether oxygens (including phenoxy) is 4. The van der Waals surface area contributed by atoms with Crippen molar-refractivity contribution < 1.29 is 38.1 Å². The van der Waals surface area contributed by atoms with Gasteiger partial charge in [-0.2, -0.15) is 0 Å². The lowest BCUT2D eigenvalue weighted by Gasteiger charge is -2.24. The Morgan fingerprint density at radius 2 is 1.50 bits per heavy atom. The standard InChI is InChI=1S/C18H26O8/c1-6-11-9-18(16(21)23-4,17(22)24-5)10-12(11)13(14(19)25-7-2)15(20)26-8-3/h6,12-13H,7-10H2,1-5H3/b11-6+. The lowest BCUT2D eigenvalue weighted by atomic mass is 9.82. The molecule has 0 amide bonds. The summed E-state index contributed by atoms with van der Waals surface area (Å²) < 4.78 is 19.6. The third kappa shape index (κ3) is 4.05. The molecule has 0 radical (unpaired) electrons. The molecule has 0 spiro atoms. The summed E-state index contributed by atoms with van der Waals surface area (Å²) in [5.74, 6) is -5.02. The molecule has 1 unspecified atom stereocenters. The smallest absolute Gasteiger partial charge is 0.323 e. The first-order valence-corrected chi connectivity index (χ1v) is 8.48. The molecule has 1 saturated carbocycles. The van der Waals surface area contributed by atoms with Crippen LogP contribution in [0.15, 0.2) is 11.6 Å². The van der Waals surface area contributed by atoms with Crippen molar-refractivity contribution in [3.63, 3.8) is 0 Å². The van der Waals surface area contributed by atoms with Gasteiger partial charge in [-0.1, -0.05) is 11.6 Å². The third-order valence-electron chi connectivity index (χ3n) is 4.56. The van der Waals surface area contributed by atoms with Gasteiger partial charge in [-0.3, -0.25) is 19.2 Å². The van der Waals surface area contributed by atoms with Crippen molar-refractivity contribution in [1.29, 1.82) is 0 Å². The first kappa shape index (κ1) is 21.7. The maximum absolute atomic E-state index is 12.4. The Hall–Kier alpha value is -2.38. The number of esters is 4. The molecule has 1 fully saturated rings. The van der Waals surface area contributed by atoms with Gasteiger partial charge in [-0.05, 0) is 33.6 Å². The van der Waals surface area contributed by atoms with Gasteiger partial charge in [-0.25, -0.2) is 0 Å². The fourth-order valence-corrected chi connectivity index (χ4v) is 3.38. The van der Waals surface area contributed by atoms with Gasteiger partial charge in [-0.15, -0.1) is 0 Å². The fraction of sp³-hybridized carbons (Fsp3) is 0.667. The lowest BCUT2D eigenvalue weighted by Crippen LogP contribution is -2.40. The summed E-state index contributed by atoms with van der Waals surface area (Å²) >= 11 is 0. The Balaban J connectivity index is 3.37. The van der Waals surface area contributed by atoms with Crippen LogP contribution in [0.2, 0.25) is 0 Å². The van der Waals surface area contributed by atoms with Crippen LogP contribution in [-0.2, 0) is 38.1 Å². The molecule has 0 heterocycles. The number of carbonyl (C=O) groups is 4. The van der Waals surface area contributed by atoms with E-state index in [1.54, 1.807) is 26.8 Å². The molecule has 0 aromatic carbocycles. The van der Waals surface area contributed by atoms with Gasteiger partial charge in [0.15, 0.2) is 11.3 Å². The minimum absolute atomic E-state index is 0.00280. The molecular formula is C18H26O8. The zero-order valence-electron chi connectivity index (χ0n) is 15.8. The highest BCUT2D eigenvalue weighted by molar-refractivity contribution is 6.02. The van der Waals surface area contributed by atoms with Gasteiger partial charge in [0.05, 0.1) is 27.4 Å². The predicted molar refractivity (Wildman–Crippen MR) is 89.7 cm³/mol. The molecule has 0 aromatic heterocycles. The Morgan fingerprint density at radius 1 is 1.04 bits per heavy atom. The molecule has 8 nitrogen and oxygen atoms in total. The van der Waals surface area contributed by atoms with E-state index in [1.165, 1.54) is 14.2 Å². The van der Waals surface area contributed by atoms with Gasteiger partial charge >= 0.3 is 23.9 Å². The highest BCUT2D eigenvalue weighted by Crippen LogP contribution is 2.50. The van der Waals surface area contributed by atoms with E-state index in [4.69, 9.17) is 18.9 Å². The predicted octanol–water partition coefficient (Wildman–Crippen LogP) is 1.42. The molecule has 0 bridgehead atoms. The van der Waals surface area contributed by atoms with Crippen LogP contribution >= 0.6 is 0 Å². The van der Waals surface area contributed by atoms with E-state index in [0.29, 0.717) is 5.57 Å². The molecule has 0 aromatic rings. The maximum Gasteiger partial charge on any atom is 0.323 e. The highest BCUT2D eigenvalue weighted by atomic mass is 16.6. The zero-order chi connectivity index (χ0) is 19.9. The highest BCUT2D eigenvalue weighted by Gasteiger charge is 2.59. The Morgan fingerprint density at radius 3 is 1.85 bits per heavy atom. The molecule has 0 saturated heterocycles. The van der Waals surface area contributed by atoms with E-state index in [2.05, 4.69) is 0 Å². The SMILES string of the molecule is C/C=C1\CC(C(=O)OC)(C(=O)OC)CC1C(C(=O)OCC)C(=O)OCC. The van der Waals surface area contributed by atoms with E-state index < -0.39 is 41.1 Å². The molecule has 146 valence electrons. The largest absolute Gasteiger partial charge is 0.468 e. The number of methoxy groups -OCH3 is 2. The minimum atomic E-state index is -1.60. The van der Waals surface area contributed by atoms with Gasteiger partial charge in [0.1, 0.15) is 0 Å². The van der Waals surface area contributed by atoms with Crippen LogP contribution in [0.5, 0.6) is 0 Å². The van der Waals surface area contributed by atoms with Crippen LogP contribution in [0.1, 0.15) is 33.6 Å². The summed E-state index contributed by atoms with van der Waals surface area (Å²) in [7, 11) is 2.34. The average molecular weight is 370 g/mol. The number of allylic oxidation sites excluding steroid dienone is 2. The average Bonchev–Trinajstić information content (AvgIpc) is 3.01. The summed E-state index contributed by atoms with van der Waals surface area (Å²) in [5.41, 5.74) is -1.00. The first-order valence-electron chi connectivity index (χ1n) is 8.48. The summed E-state index contributed by atoms with van der Waals surface area (Å²) in [6, 6.07) is 0. The molecule has 8 heteroatoms. The topological polar surface area (TPSA) is 105 Å². The van der Waals surface area contributed by atoms with Gasteiger partial charge in [0.25, 0.3) is 0 Å². The molecule has 1 rings (SSSR count). The zero-order valence-corrected chi connectivity index (χ0v) is 15.8. The Labute approximate surface area is 152 Å². The number of rotatable bonds is 7. The van der Waals surface area contributed by atoms with Crippen LogP contribution in [0.4, 0.5) is 0 Å². The second-order valence-corrected chi connectivity index (χ2v) is 5.90. The maximum atomic E-state index is 12.4. The van der Waals surface area contributed by atoms with Gasteiger partial charge < -0.3 is 18.9 Å². The van der Waals surface area contributed by atoms with E-state index in [1.807, 2.05) is 0 Å². The molecule has 1 aliphatic carbocycles. The molecule has 1 atom stereocenters. The van der Waals surface area contributed by atoms with Crippen LogP contribution in [-0.4, -0.2) is 51.3 Å². The molecule has 1 aliphatic rings. The molecular weight excluding hydrogens is 344 g/mol. The summed E-state index contributed by atoms with van der Waals surface area (Å²) in [6.45, 7) is 5.13. The Kier molecular flexibility index (Phi) is 7.79. The first-order chi connectivity index (χ1) is 12.3. The molecule has 0 aliphatic heterocycles. The fourth-order valence-electron chi connectivity index (χ4n) is 3.38. The van der Waals surface area contributed by atoms with Crippen molar-refractivity contribution in [1.82, 2.24) is 0 Å². The normalized spacial score (nSPS) is 19.9. The summed E-state index contributed by atoms with van der Waals surface area (Å²) in [5, 5.41) is 0. The summed E-state index contributed by atoms with van der Waals surface area (Å²) in [6.07, 6.45) is 1.58. The molecule has 0 N–H and O–H groups in total. The van der Waals surface area contributed by atoms with E-state index >= 15 is 0 Å². The van der Waals surface area contributed by atoms with Crippen molar-refractivity contribution >= 4 is 23.9 Å². The van der Waals surface area contributed by atoms with Crippen molar-refractivity contribution in [2.75, 3.05) is 27.4 Å². The summed E-state index contributed by atoms with van der Waals surface area (Å²) in [4.78, 5) is 49.6. The second kappa shape index (κ2) is 9.35. The van der Waals surface area contributed by atoms with E-state index in [-0.39, 0.29) is 26.1 Å². The van der Waals surface area contributed by atoms with Crippen molar-refractivity contribution in [3.05, 3.63) is 11.6 Å². The number of carbonyl (C=O) groups excluding carboxylic acids is 4. The van der Waals surface area contributed by atoms with Crippen molar-refractivity contribution in [2.24, 2.45) is 17.3 Å². The molecule has 26 heavy (non-hydrogen) atoms. The minimum Gasteiger partial charge on any atom is -0.468 e. The van der Waals surface area contributed by atoms with Gasteiger partial charge in [0, 0.05) is 5.92 Å². The second-order valence-electron chi connectivity index (χ2n) is 5.90. The van der Waals surface area contributed by atoms with Crippen molar-refractivity contribution in [3.8, 4) is 0 Å². The van der Waals surface area contributed by atoms with Crippen LogP contribution in [0.3, 0.4) is 0 Å². The van der Waals surface area contributed by atoms with Crippen molar-refractivity contribution in [2.45, 2.75) is 33.6 Å². The third-order valence-corrected chi connectivity index (χ3v) is 4.56. The number of hydrogen-bond acceptors (Lipinski definition) is 8. The van der Waals surface area contributed by atoms with Crippen LogP contribution in [0.25, 0.3) is 0 Å². The van der Waals surface area contributed by atoms with E-state index in [9.17, 15) is 19.2 Å². The quantitative estimate of drug-likeness (QED) is 0.287. The Bertz CT molecular complexity index is 558. The number of hydrogen-bond donors (Lipinski definition) is 0. The van der Waals surface area contributed by atoms with E-state index in [0.717, 1.165) is 0 Å². The monoisotopic (exact) mass is 370 g/mol. The van der Waals surface area contributed by atoms with Crippen LogP contribution < -0.4 is 0 Å². The van der Waals surface area contributed by atoms with Crippen LogP contribution in [0, 0.1) is 17.3 Å².